The molecule has 0 radical (unpaired) electrons. The third kappa shape index (κ3) is 4.11. The van der Waals surface area contributed by atoms with Gasteiger partial charge in [-0.1, -0.05) is 35.0 Å². The molecule has 8 heteroatoms. The second-order valence-corrected chi connectivity index (χ2v) is 7.60. The topological polar surface area (TPSA) is 80.9 Å². The van der Waals surface area contributed by atoms with Gasteiger partial charge >= 0.3 is 0 Å². The van der Waals surface area contributed by atoms with Crippen LogP contribution in [0.5, 0.6) is 0 Å². The normalized spacial score (nSPS) is 10.8. The average Bonchev–Trinajstić information content (AvgIpc) is 3.33. The molecule has 28 heavy (non-hydrogen) atoms. The summed E-state index contributed by atoms with van der Waals surface area (Å²) in [5.41, 5.74) is 2.30. The second kappa shape index (κ2) is 7.92. The molecule has 0 atom stereocenters. The van der Waals surface area contributed by atoms with Crippen molar-refractivity contribution in [3.05, 3.63) is 81.6 Å². The second-order valence-electron chi connectivity index (χ2n) is 6.08. The van der Waals surface area contributed by atoms with Gasteiger partial charge in [-0.15, -0.1) is 11.3 Å². The minimum atomic E-state index is -0.230. The SMILES string of the molecule is Cc1noc(-c2ccc(C(=O)Nc3ncc(Cc4ccccc4Cl)s3)cc2)n1. The number of nitrogens with one attached hydrogen (secondary N) is 1. The molecular formula is C20H15ClN4O2S. The van der Waals surface area contributed by atoms with E-state index >= 15 is 0 Å². The van der Waals surface area contributed by atoms with Crippen LogP contribution in [0.1, 0.15) is 26.6 Å². The Kier molecular flexibility index (Phi) is 5.18. The Morgan fingerprint density at radius 1 is 1.18 bits per heavy atom. The molecule has 1 amide bonds. The number of aryl methyl sites for hydroxylation is 1. The van der Waals surface area contributed by atoms with E-state index < -0.39 is 0 Å². The number of halogens is 1. The van der Waals surface area contributed by atoms with Gasteiger partial charge in [-0.2, -0.15) is 4.98 Å². The van der Waals surface area contributed by atoms with Crippen molar-refractivity contribution in [2.24, 2.45) is 0 Å². The molecule has 2 aromatic heterocycles. The minimum absolute atomic E-state index is 0.230. The van der Waals surface area contributed by atoms with E-state index in [1.807, 2.05) is 24.3 Å². The molecule has 1 N–H and O–H groups in total. The molecule has 0 aliphatic heterocycles. The molecule has 0 unspecified atom stereocenters. The van der Waals surface area contributed by atoms with Crippen LogP contribution in [0, 0.1) is 6.92 Å². The first-order valence-electron chi connectivity index (χ1n) is 8.49. The van der Waals surface area contributed by atoms with E-state index in [0.29, 0.717) is 28.8 Å². The molecule has 0 saturated carbocycles. The highest BCUT2D eigenvalue weighted by molar-refractivity contribution is 7.15. The van der Waals surface area contributed by atoms with Gasteiger partial charge in [-0.25, -0.2) is 4.98 Å². The summed E-state index contributed by atoms with van der Waals surface area (Å²) in [4.78, 5) is 21.9. The van der Waals surface area contributed by atoms with E-state index in [-0.39, 0.29) is 5.91 Å². The lowest BCUT2D eigenvalue weighted by molar-refractivity contribution is 0.102. The maximum Gasteiger partial charge on any atom is 0.257 e. The number of hydrogen-bond acceptors (Lipinski definition) is 6. The molecule has 0 fully saturated rings. The van der Waals surface area contributed by atoms with Gasteiger partial charge in [-0.05, 0) is 42.8 Å². The number of thiazole rings is 1. The number of benzene rings is 2. The number of carbonyl (C=O) groups is 1. The molecule has 2 aromatic carbocycles. The average molecular weight is 411 g/mol. The van der Waals surface area contributed by atoms with Crippen LogP contribution in [-0.2, 0) is 6.42 Å². The Hall–Kier alpha value is -3.03. The molecule has 4 aromatic rings. The molecular weight excluding hydrogens is 396 g/mol. The largest absolute Gasteiger partial charge is 0.334 e. The first-order chi connectivity index (χ1) is 13.6. The molecule has 6 nitrogen and oxygen atoms in total. The van der Waals surface area contributed by atoms with Crippen LogP contribution in [-0.4, -0.2) is 21.0 Å². The predicted molar refractivity (Wildman–Crippen MR) is 109 cm³/mol. The van der Waals surface area contributed by atoms with Gasteiger partial charge in [0, 0.05) is 33.6 Å². The monoisotopic (exact) mass is 410 g/mol. The van der Waals surface area contributed by atoms with Crippen molar-refractivity contribution in [1.82, 2.24) is 15.1 Å². The molecule has 0 saturated heterocycles. The molecule has 0 spiro atoms. The fraction of sp³-hybridized carbons (Fsp3) is 0.100. The zero-order valence-electron chi connectivity index (χ0n) is 14.8. The van der Waals surface area contributed by atoms with Crippen LogP contribution < -0.4 is 5.32 Å². The van der Waals surface area contributed by atoms with Crippen LogP contribution in [0.2, 0.25) is 5.02 Å². The summed E-state index contributed by atoms with van der Waals surface area (Å²) in [7, 11) is 0. The first-order valence-corrected chi connectivity index (χ1v) is 9.68. The minimum Gasteiger partial charge on any atom is -0.334 e. The van der Waals surface area contributed by atoms with Crippen molar-refractivity contribution in [2.45, 2.75) is 13.3 Å². The van der Waals surface area contributed by atoms with Crippen LogP contribution in [0.25, 0.3) is 11.5 Å². The summed E-state index contributed by atoms with van der Waals surface area (Å²) in [5.74, 6) is 0.758. The van der Waals surface area contributed by atoms with Gasteiger partial charge in [0.15, 0.2) is 11.0 Å². The van der Waals surface area contributed by atoms with Gasteiger partial charge < -0.3 is 4.52 Å². The van der Waals surface area contributed by atoms with Gasteiger partial charge in [0.1, 0.15) is 0 Å². The highest BCUT2D eigenvalue weighted by Crippen LogP contribution is 2.25. The molecule has 0 aliphatic rings. The molecule has 2 heterocycles. The fourth-order valence-corrected chi connectivity index (χ4v) is 3.66. The zero-order valence-corrected chi connectivity index (χ0v) is 16.4. The predicted octanol–water partition coefficient (Wildman–Crippen LogP) is 5.00. The first kappa shape index (κ1) is 18.3. The Balaban J connectivity index is 1.42. The number of carbonyl (C=O) groups excluding carboxylic acids is 1. The highest BCUT2D eigenvalue weighted by Gasteiger charge is 2.12. The van der Waals surface area contributed by atoms with Crippen molar-refractivity contribution >= 4 is 34.0 Å². The van der Waals surface area contributed by atoms with Crippen molar-refractivity contribution < 1.29 is 9.32 Å². The maximum absolute atomic E-state index is 12.5. The molecule has 4 rings (SSSR count). The van der Waals surface area contributed by atoms with Crippen molar-refractivity contribution in [3.63, 3.8) is 0 Å². The lowest BCUT2D eigenvalue weighted by Gasteiger charge is -2.02. The van der Waals surface area contributed by atoms with Gasteiger partial charge in [-0.3, -0.25) is 10.1 Å². The van der Waals surface area contributed by atoms with Crippen LogP contribution in [0.3, 0.4) is 0 Å². The van der Waals surface area contributed by atoms with E-state index in [1.54, 1.807) is 37.4 Å². The van der Waals surface area contributed by atoms with E-state index in [1.165, 1.54) is 11.3 Å². The van der Waals surface area contributed by atoms with Crippen molar-refractivity contribution in [3.8, 4) is 11.5 Å². The van der Waals surface area contributed by atoms with E-state index in [0.717, 1.165) is 21.0 Å². The Labute approximate surface area is 170 Å². The van der Waals surface area contributed by atoms with Gasteiger partial charge in [0.25, 0.3) is 11.8 Å². The number of anilines is 1. The highest BCUT2D eigenvalue weighted by atomic mass is 35.5. The van der Waals surface area contributed by atoms with E-state index in [9.17, 15) is 4.79 Å². The third-order valence-electron chi connectivity index (χ3n) is 4.02. The van der Waals surface area contributed by atoms with Crippen molar-refractivity contribution in [2.75, 3.05) is 5.32 Å². The number of rotatable bonds is 5. The van der Waals surface area contributed by atoms with Gasteiger partial charge in [0.05, 0.1) is 0 Å². The quantitative estimate of drug-likeness (QED) is 0.500. The fourth-order valence-electron chi connectivity index (χ4n) is 2.62. The lowest BCUT2D eigenvalue weighted by atomic mass is 10.1. The van der Waals surface area contributed by atoms with Crippen LogP contribution in [0.4, 0.5) is 5.13 Å². The van der Waals surface area contributed by atoms with Gasteiger partial charge in [0.2, 0.25) is 0 Å². The summed E-state index contributed by atoms with van der Waals surface area (Å²) in [6.45, 7) is 1.75. The summed E-state index contributed by atoms with van der Waals surface area (Å²) in [6.07, 6.45) is 2.43. The standard InChI is InChI=1S/C20H15ClN4O2S/c1-12-23-19(27-25-12)14-8-6-13(7-9-14)18(26)24-20-22-11-16(28-20)10-15-4-2-3-5-17(15)21/h2-9,11H,10H2,1H3,(H,22,24,26). The van der Waals surface area contributed by atoms with E-state index in [2.05, 4.69) is 20.4 Å². The van der Waals surface area contributed by atoms with E-state index in [4.69, 9.17) is 16.1 Å². The molecule has 0 bridgehead atoms. The number of nitrogens with zero attached hydrogens (tertiary/aromatic N) is 3. The lowest BCUT2D eigenvalue weighted by Crippen LogP contribution is -2.11. The van der Waals surface area contributed by atoms with Crippen LogP contribution >= 0.6 is 22.9 Å². The Morgan fingerprint density at radius 2 is 1.96 bits per heavy atom. The summed E-state index contributed by atoms with van der Waals surface area (Å²) in [5, 5.41) is 7.86. The Morgan fingerprint density at radius 3 is 2.68 bits per heavy atom. The number of aromatic nitrogens is 3. The molecule has 0 aliphatic carbocycles. The third-order valence-corrected chi connectivity index (χ3v) is 5.30. The van der Waals surface area contributed by atoms with Crippen molar-refractivity contribution in [1.29, 1.82) is 0 Å². The Bertz CT molecular complexity index is 1120. The summed E-state index contributed by atoms with van der Waals surface area (Å²) < 4.78 is 5.13. The summed E-state index contributed by atoms with van der Waals surface area (Å²) in [6, 6.07) is 14.6. The summed E-state index contributed by atoms with van der Waals surface area (Å²) >= 11 is 7.63. The molecule has 140 valence electrons. The number of hydrogen-bond donors (Lipinski definition) is 1. The van der Waals surface area contributed by atoms with Crippen LogP contribution in [0.15, 0.2) is 59.3 Å². The maximum atomic E-state index is 12.5. The smallest absolute Gasteiger partial charge is 0.257 e. The number of amides is 1. The zero-order chi connectivity index (χ0) is 19.5.